The number of rotatable bonds is 4. The van der Waals surface area contributed by atoms with Crippen LogP contribution in [-0.4, -0.2) is 32.4 Å². The number of carboxylic acids is 1. The number of aromatic nitrogens is 3. The number of nitrogens with one attached hydrogen (secondary N) is 1. The van der Waals surface area contributed by atoms with Gasteiger partial charge in [0.2, 0.25) is 0 Å². The van der Waals surface area contributed by atoms with Gasteiger partial charge in [0, 0.05) is 19.8 Å². The molecule has 2 aromatic rings. The Hall–Kier alpha value is -2.11. The van der Waals surface area contributed by atoms with Crippen LogP contribution in [-0.2, 0) is 7.05 Å². The average Bonchev–Trinajstić information content (AvgIpc) is 3.05. The molecule has 1 aliphatic rings. The molecule has 0 aliphatic heterocycles. The van der Waals surface area contributed by atoms with Crippen molar-refractivity contribution in [2.45, 2.75) is 32.6 Å². The van der Waals surface area contributed by atoms with Gasteiger partial charge in [-0.25, -0.2) is 9.78 Å². The zero-order valence-corrected chi connectivity index (χ0v) is 12.4. The van der Waals surface area contributed by atoms with Crippen molar-refractivity contribution in [1.29, 1.82) is 0 Å². The molecule has 0 atom stereocenters. The predicted octanol–water partition coefficient (Wildman–Crippen LogP) is 2.58. The first kappa shape index (κ1) is 13.9. The minimum Gasteiger partial charge on any atom is -0.478 e. The monoisotopic (exact) mass is 288 g/mol. The minimum atomic E-state index is -0.957. The van der Waals surface area contributed by atoms with E-state index in [9.17, 15) is 9.90 Å². The summed E-state index contributed by atoms with van der Waals surface area (Å²) in [4.78, 5) is 15.7. The van der Waals surface area contributed by atoms with Gasteiger partial charge in [0.25, 0.3) is 0 Å². The van der Waals surface area contributed by atoms with Gasteiger partial charge < -0.3 is 10.4 Å². The number of hydrogen-bond acceptors (Lipinski definition) is 4. The van der Waals surface area contributed by atoms with E-state index in [1.807, 2.05) is 14.0 Å². The molecular formula is C15H20N4O2. The topological polar surface area (TPSA) is 80.0 Å². The molecule has 1 aliphatic carbocycles. The maximum Gasteiger partial charge on any atom is 0.339 e. The molecule has 0 bridgehead atoms. The lowest BCUT2D eigenvalue weighted by molar-refractivity contribution is 0.0697. The lowest BCUT2D eigenvalue weighted by atomic mass is 10.1. The first-order valence-electron chi connectivity index (χ1n) is 7.37. The maximum atomic E-state index is 11.5. The van der Waals surface area contributed by atoms with Crippen LogP contribution in [0.3, 0.4) is 0 Å². The Morgan fingerprint density at radius 3 is 2.86 bits per heavy atom. The zero-order chi connectivity index (χ0) is 15.0. The van der Waals surface area contributed by atoms with Crippen molar-refractivity contribution in [3.8, 4) is 0 Å². The van der Waals surface area contributed by atoms with Gasteiger partial charge in [-0.1, -0.05) is 12.8 Å². The quantitative estimate of drug-likeness (QED) is 0.904. The molecular weight excluding hydrogens is 268 g/mol. The highest BCUT2D eigenvalue weighted by atomic mass is 16.4. The van der Waals surface area contributed by atoms with Gasteiger partial charge >= 0.3 is 5.97 Å². The molecule has 6 nitrogen and oxygen atoms in total. The molecule has 3 rings (SSSR count). The van der Waals surface area contributed by atoms with Gasteiger partial charge in [0.1, 0.15) is 5.56 Å². The van der Waals surface area contributed by atoms with Crippen LogP contribution in [0.4, 0.5) is 5.69 Å². The molecule has 0 spiro atoms. The third kappa shape index (κ3) is 2.46. The maximum absolute atomic E-state index is 11.5. The van der Waals surface area contributed by atoms with Crippen LogP contribution in [0, 0.1) is 12.8 Å². The number of hydrogen-bond donors (Lipinski definition) is 2. The van der Waals surface area contributed by atoms with Crippen molar-refractivity contribution in [3.63, 3.8) is 0 Å². The van der Waals surface area contributed by atoms with Crippen LogP contribution in [0.5, 0.6) is 0 Å². The second kappa shape index (κ2) is 5.35. The van der Waals surface area contributed by atoms with E-state index in [1.165, 1.54) is 31.9 Å². The summed E-state index contributed by atoms with van der Waals surface area (Å²) in [5.41, 5.74) is 2.39. The van der Waals surface area contributed by atoms with E-state index in [4.69, 9.17) is 0 Å². The predicted molar refractivity (Wildman–Crippen MR) is 80.7 cm³/mol. The second-order valence-corrected chi connectivity index (χ2v) is 5.79. The minimum absolute atomic E-state index is 0.219. The number of fused-ring (bicyclic) bond motifs is 1. The van der Waals surface area contributed by atoms with E-state index in [0.29, 0.717) is 17.3 Å². The van der Waals surface area contributed by atoms with E-state index in [1.54, 1.807) is 4.68 Å². The summed E-state index contributed by atoms with van der Waals surface area (Å²) < 4.78 is 1.69. The molecule has 2 aromatic heterocycles. The van der Waals surface area contributed by atoms with Gasteiger partial charge in [-0.3, -0.25) is 4.68 Å². The number of aryl methyl sites for hydroxylation is 2. The normalized spacial score (nSPS) is 15.7. The lowest BCUT2D eigenvalue weighted by Crippen LogP contribution is -2.14. The molecule has 2 N–H and O–H groups in total. The van der Waals surface area contributed by atoms with Crippen molar-refractivity contribution in [2.24, 2.45) is 13.0 Å². The summed E-state index contributed by atoms with van der Waals surface area (Å²) in [5, 5.41) is 17.9. The standard InChI is InChI=1S/C15H20N4O2/c1-9-12-13(16-7-10-5-3-4-6-10)11(15(20)21)8-17-14(12)19(2)18-9/h8,10H,3-7H2,1-2H3,(H,16,17)(H,20,21). The van der Waals surface area contributed by atoms with Crippen molar-refractivity contribution in [3.05, 3.63) is 17.5 Å². The SMILES string of the molecule is Cc1nn(C)c2ncc(C(=O)O)c(NCC3CCCC3)c12. The Bertz CT molecular complexity index is 687. The molecule has 21 heavy (non-hydrogen) atoms. The van der Waals surface area contributed by atoms with E-state index < -0.39 is 5.97 Å². The van der Waals surface area contributed by atoms with Crippen LogP contribution >= 0.6 is 0 Å². The van der Waals surface area contributed by atoms with Gasteiger partial charge in [-0.15, -0.1) is 0 Å². The highest BCUT2D eigenvalue weighted by Gasteiger charge is 2.21. The summed E-state index contributed by atoms with van der Waals surface area (Å²) in [7, 11) is 1.82. The summed E-state index contributed by atoms with van der Waals surface area (Å²) in [6.07, 6.45) is 6.40. The van der Waals surface area contributed by atoms with Gasteiger partial charge in [0.05, 0.1) is 16.8 Å². The van der Waals surface area contributed by atoms with Gasteiger partial charge in [-0.05, 0) is 25.7 Å². The van der Waals surface area contributed by atoms with Crippen molar-refractivity contribution in [2.75, 3.05) is 11.9 Å². The molecule has 2 heterocycles. The lowest BCUT2D eigenvalue weighted by Gasteiger charge is -2.14. The van der Waals surface area contributed by atoms with Crippen molar-refractivity contribution < 1.29 is 9.90 Å². The Labute approximate surface area is 123 Å². The fourth-order valence-corrected chi connectivity index (χ4v) is 3.22. The van der Waals surface area contributed by atoms with Crippen LogP contribution < -0.4 is 5.32 Å². The Morgan fingerprint density at radius 1 is 1.48 bits per heavy atom. The Balaban J connectivity index is 2.03. The van der Waals surface area contributed by atoms with Gasteiger partial charge in [0.15, 0.2) is 5.65 Å². The first-order chi connectivity index (χ1) is 10.1. The molecule has 0 amide bonds. The fourth-order valence-electron chi connectivity index (χ4n) is 3.22. The number of pyridine rings is 1. The highest BCUT2D eigenvalue weighted by molar-refractivity contribution is 6.04. The summed E-state index contributed by atoms with van der Waals surface area (Å²) in [6.45, 7) is 2.70. The van der Waals surface area contributed by atoms with Crippen LogP contribution in [0.15, 0.2) is 6.20 Å². The third-order valence-corrected chi connectivity index (χ3v) is 4.30. The van der Waals surface area contributed by atoms with E-state index in [-0.39, 0.29) is 5.56 Å². The summed E-state index contributed by atoms with van der Waals surface area (Å²) in [5.74, 6) is -0.326. The fraction of sp³-hybridized carbons (Fsp3) is 0.533. The van der Waals surface area contributed by atoms with E-state index in [2.05, 4.69) is 15.4 Å². The number of carboxylic acid groups (broad SMARTS) is 1. The molecule has 1 fully saturated rings. The highest BCUT2D eigenvalue weighted by Crippen LogP contribution is 2.30. The van der Waals surface area contributed by atoms with E-state index >= 15 is 0 Å². The molecule has 112 valence electrons. The van der Waals surface area contributed by atoms with Crippen LogP contribution in [0.2, 0.25) is 0 Å². The largest absolute Gasteiger partial charge is 0.478 e. The molecule has 0 aromatic carbocycles. The smallest absolute Gasteiger partial charge is 0.339 e. The van der Waals surface area contributed by atoms with Crippen molar-refractivity contribution >= 4 is 22.7 Å². The number of nitrogens with zero attached hydrogens (tertiary/aromatic N) is 3. The molecule has 0 unspecified atom stereocenters. The molecule has 0 saturated heterocycles. The Kier molecular flexibility index (Phi) is 3.53. The molecule has 1 saturated carbocycles. The molecule has 6 heteroatoms. The third-order valence-electron chi connectivity index (χ3n) is 4.30. The van der Waals surface area contributed by atoms with E-state index in [0.717, 1.165) is 17.6 Å². The Morgan fingerprint density at radius 2 is 2.19 bits per heavy atom. The number of aromatic carboxylic acids is 1. The average molecular weight is 288 g/mol. The summed E-state index contributed by atoms with van der Waals surface area (Å²) >= 11 is 0. The second-order valence-electron chi connectivity index (χ2n) is 5.79. The van der Waals surface area contributed by atoms with Crippen LogP contribution in [0.25, 0.3) is 11.0 Å². The van der Waals surface area contributed by atoms with Crippen LogP contribution in [0.1, 0.15) is 41.7 Å². The first-order valence-corrected chi connectivity index (χ1v) is 7.37. The van der Waals surface area contributed by atoms with Crippen molar-refractivity contribution in [1.82, 2.24) is 14.8 Å². The summed E-state index contributed by atoms with van der Waals surface area (Å²) in [6, 6.07) is 0. The number of carbonyl (C=O) groups is 1. The number of anilines is 1. The van der Waals surface area contributed by atoms with Gasteiger partial charge in [-0.2, -0.15) is 5.10 Å². The molecule has 0 radical (unpaired) electrons. The zero-order valence-electron chi connectivity index (χ0n) is 12.4.